The summed E-state index contributed by atoms with van der Waals surface area (Å²) >= 11 is 0. The Morgan fingerprint density at radius 1 is 1.33 bits per heavy atom. The van der Waals surface area contributed by atoms with Gasteiger partial charge in [-0.05, 0) is 25.2 Å². The number of rotatable bonds is 9. The van der Waals surface area contributed by atoms with E-state index < -0.39 is 5.97 Å². The minimum atomic E-state index is -0.757. The molecule has 6 heteroatoms. The van der Waals surface area contributed by atoms with E-state index in [-0.39, 0.29) is 25.0 Å². The Morgan fingerprint density at radius 2 is 2.10 bits per heavy atom. The van der Waals surface area contributed by atoms with E-state index >= 15 is 0 Å². The van der Waals surface area contributed by atoms with Crippen LogP contribution >= 0.6 is 0 Å². The van der Waals surface area contributed by atoms with E-state index in [0.29, 0.717) is 32.0 Å². The zero-order chi connectivity index (χ0) is 15.7. The summed E-state index contributed by atoms with van der Waals surface area (Å²) in [6, 6.07) is -0.0700. The van der Waals surface area contributed by atoms with Gasteiger partial charge in [0, 0.05) is 38.6 Å². The zero-order valence-corrected chi connectivity index (χ0v) is 12.9. The van der Waals surface area contributed by atoms with Crippen LogP contribution in [0.25, 0.3) is 0 Å². The molecule has 2 unspecified atom stereocenters. The summed E-state index contributed by atoms with van der Waals surface area (Å²) in [6.45, 7) is 4.14. The van der Waals surface area contributed by atoms with Crippen LogP contribution < -0.4 is 5.32 Å². The van der Waals surface area contributed by atoms with Crippen molar-refractivity contribution in [3.05, 3.63) is 0 Å². The molecule has 21 heavy (non-hydrogen) atoms. The van der Waals surface area contributed by atoms with Gasteiger partial charge in [0.25, 0.3) is 0 Å². The molecule has 0 radical (unpaired) electrons. The molecule has 1 aliphatic rings. The van der Waals surface area contributed by atoms with E-state index in [9.17, 15) is 9.59 Å². The first-order chi connectivity index (χ1) is 10.1. The van der Waals surface area contributed by atoms with E-state index in [2.05, 4.69) is 12.2 Å². The Hall–Kier alpha value is -1.30. The lowest BCUT2D eigenvalue weighted by Gasteiger charge is -2.19. The molecular formula is C15H28N2O4. The van der Waals surface area contributed by atoms with Gasteiger partial charge in [0.15, 0.2) is 0 Å². The number of nitrogens with zero attached hydrogens (tertiary/aromatic N) is 1. The quantitative estimate of drug-likeness (QED) is 0.604. The molecule has 3 N–H and O–H groups in total. The number of carboxylic acid groups (broad SMARTS) is 1. The van der Waals surface area contributed by atoms with Gasteiger partial charge < -0.3 is 20.4 Å². The Labute approximate surface area is 126 Å². The Kier molecular flexibility index (Phi) is 8.12. The summed E-state index contributed by atoms with van der Waals surface area (Å²) in [6.07, 6.45) is 4.59. The standard InChI is InChI=1S/C15H28N2O4/c1-2-3-12(4-5-14(19)20)6-8-16-15(21)17-9-7-13(10-17)11-18/h12-13,18H,2-11H2,1H3,(H,16,21)(H,19,20). The Bertz CT molecular complexity index is 336. The summed E-state index contributed by atoms with van der Waals surface area (Å²) in [5, 5.41) is 20.7. The number of amides is 2. The maximum atomic E-state index is 12.0. The van der Waals surface area contributed by atoms with Crippen molar-refractivity contribution in [1.82, 2.24) is 10.2 Å². The van der Waals surface area contributed by atoms with E-state index in [1.54, 1.807) is 4.90 Å². The van der Waals surface area contributed by atoms with Crippen LogP contribution in [-0.4, -0.2) is 53.4 Å². The smallest absolute Gasteiger partial charge is 0.317 e. The molecule has 0 aliphatic carbocycles. The van der Waals surface area contributed by atoms with Crippen molar-refractivity contribution in [2.24, 2.45) is 11.8 Å². The number of nitrogens with one attached hydrogen (secondary N) is 1. The molecule has 0 aromatic rings. The molecule has 0 saturated carbocycles. The summed E-state index contributed by atoms with van der Waals surface area (Å²) in [5.41, 5.74) is 0. The second-order valence-electron chi connectivity index (χ2n) is 5.89. The van der Waals surface area contributed by atoms with Crippen LogP contribution in [-0.2, 0) is 4.79 Å². The van der Waals surface area contributed by atoms with Crippen molar-refractivity contribution >= 4 is 12.0 Å². The van der Waals surface area contributed by atoms with Crippen molar-refractivity contribution in [3.63, 3.8) is 0 Å². The van der Waals surface area contributed by atoms with Crippen molar-refractivity contribution in [2.45, 2.75) is 45.4 Å². The first kappa shape index (κ1) is 17.8. The molecule has 0 aromatic carbocycles. The molecule has 2 atom stereocenters. The monoisotopic (exact) mass is 300 g/mol. The number of hydrogen-bond acceptors (Lipinski definition) is 3. The maximum Gasteiger partial charge on any atom is 0.317 e. The predicted octanol–water partition coefficient (Wildman–Crippen LogP) is 1.68. The third-order valence-corrected chi connectivity index (χ3v) is 4.12. The largest absolute Gasteiger partial charge is 0.481 e. The van der Waals surface area contributed by atoms with Crippen LogP contribution in [0.4, 0.5) is 4.79 Å². The fourth-order valence-corrected chi connectivity index (χ4v) is 2.83. The van der Waals surface area contributed by atoms with Crippen LogP contribution in [0.1, 0.15) is 45.4 Å². The van der Waals surface area contributed by atoms with Gasteiger partial charge in [-0.25, -0.2) is 4.79 Å². The fourth-order valence-electron chi connectivity index (χ4n) is 2.83. The molecule has 1 heterocycles. The number of urea groups is 1. The third-order valence-electron chi connectivity index (χ3n) is 4.12. The number of aliphatic carboxylic acids is 1. The number of likely N-dealkylation sites (tertiary alicyclic amines) is 1. The molecule has 0 aromatic heterocycles. The molecule has 6 nitrogen and oxygen atoms in total. The van der Waals surface area contributed by atoms with Crippen LogP contribution in [0.5, 0.6) is 0 Å². The molecular weight excluding hydrogens is 272 g/mol. The van der Waals surface area contributed by atoms with Gasteiger partial charge in [-0.1, -0.05) is 19.8 Å². The summed E-state index contributed by atoms with van der Waals surface area (Å²) in [7, 11) is 0. The zero-order valence-electron chi connectivity index (χ0n) is 12.9. The summed E-state index contributed by atoms with van der Waals surface area (Å²) in [4.78, 5) is 24.3. The van der Waals surface area contributed by atoms with Crippen molar-refractivity contribution in [2.75, 3.05) is 26.2 Å². The molecule has 1 saturated heterocycles. The van der Waals surface area contributed by atoms with Gasteiger partial charge in [-0.2, -0.15) is 0 Å². The molecule has 1 fully saturated rings. The Morgan fingerprint density at radius 3 is 2.67 bits per heavy atom. The highest BCUT2D eigenvalue weighted by atomic mass is 16.4. The van der Waals surface area contributed by atoms with E-state index in [0.717, 1.165) is 25.7 Å². The number of carboxylic acids is 1. The minimum absolute atomic E-state index is 0.0700. The lowest BCUT2D eigenvalue weighted by molar-refractivity contribution is -0.137. The van der Waals surface area contributed by atoms with E-state index in [1.165, 1.54) is 0 Å². The SMILES string of the molecule is CCCC(CCNC(=O)N1CCC(CO)C1)CCC(=O)O. The van der Waals surface area contributed by atoms with Crippen LogP contribution in [0, 0.1) is 11.8 Å². The van der Waals surface area contributed by atoms with E-state index in [4.69, 9.17) is 10.2 Å². The molecule has 1 aliphatic heterocycles. The van der Waals surface area contributed by atoms with E-state index in [1.807, 2.05) is 0 Å². The molecule has 1 rings (SSSR count). The van der Waals surface area contributed by atoms with Gasteiger partial charge in [-0.15, -0.1) is 0 Å². The topological polar surface area (TPSA) is 89.9 Å². The van der Waals surface area contributed by atoms with Gasteiger partial charge in [0.05, 0.1) is 0 Å². The predicted molar refractivity (Wildman–Crippen MR) is 80.0 cm³/mol. The molecule has 2 amide bonds. The highest BCUT2D eigenvalue weighted by Crippen LogP contribution is 2.18. The number of carbonyl (C=O) groups excluding carboxylic acids is 1. The summed E-state index contributed by atoms with van der Waals surface area (Å²) in [5.74, 6) is -0.193. The molecule has 0 spiro atoms. The number of hydrogen-bond donors (Lipinski definition) is 3. The number of carbonyl (C=O) groups is 2. The molecule has 122 valence electrons. The second-order valence-corrected chi connectivity index (χ2v) is 5.89. The van der Waals surface area contributed by atoms with Crippen molar-refractivity contribution < 1.29 is 19.8 Å². The lowest BCUT2D eigenvalue weighted by atomic mass is 9.94. The molecule has 0 bridgehead atoms. The second kappa shape index (κ2) is 9.60. The van der Waals surface area contributed by atoms with Gasteiger partial charge in [-0.3, -0.25) is 4.79 Å². The van der Waals surface area contributed by atoms with Gasteiger partial charge in [0.1, 0.15) is 0 Å². The van der Waals surface area contributed by atoms with Gasteiger partial charge >= 0.3 is 12.0 Å². The highest BCUT2D eigenvalue weighted by Gasteiger charge is 2.25. The van der Waals surface area contributed by atoms with Crippen LogP contribution in [0.3, 0.4) is 0 Å². The average Bonchev–Trinajstić information content (AvgIpc) is 2.93. The first-order valence-corrected chi connectivity index (χ1v) is 7.92. The maximum absolute atomic E-state index is 12.0. The highest BCUT2D eigenvalue weighted by molar-refractivity contribution is 5.74. The lowest BCUT2D eigenvalue weighted by Crippen LogP contribution is -2.39. The normalized spacial score (nSPS) is 19.5. The van der Waals surface area contributed by atoms with Gasteiger partial charge in [0.2, 0.25) is 0 Å². The van der Waals surface area contributed by atoms with Crippen LogP contribution in [0.2, 0.25) is 0 Å². The number of aliphatic hydroxyl groups excluding tert-OH is 1. The number of aliphatic hydroxyl groups is 1. The average molecular weight is 300 g/mol. The third kappa shape index (κ3) is 6.80. The van der Waals surface area contributed by atoms with Crippen LogP contribution in [0.15, 0.2) is 0 Å². The fraction of sp³-hybridized carbons (Fsp3) is 0.867. The minimum Gasteiger partial charge on any atom is -0.481 e. The summed E-state index contributed by atoms with van der Waals surface area (Å²) < 4.78 is 0. The first-order valence-electron chi connectivity index (χ1n) is 7.92. The van der Waals surface area contributed by atoms with Crippen molar-refractivity contribution in [1.29, 1.82) is 0 Å². The Balaban J connectivity index is 2.23. The van der Waals surface area contributed by atoms with Crippen molar-refractivity contribution in [3.8, 4) is 0 Å².